The Labute approximate surface area is 167 Å². The molecule has 1 aliphatic heterocycles. The van der Waals surface area contributed by atoms with Gasteiger partial charge >= 0.3 is 6.03 Å². The van der Waals surface area contributed by atoms with Crippen molar-refractivity contribution in [2.45, 2.75) is 13.0 Å². The first kappa shape index (κ1) is 18.4. The van der Waals surface area contributed by atoms with Crippen molar-refractivity contribution in [3.8, 4) is 0 Å². The average Bonchev–Trinajstić information content (AvgIpc) is 3.14. The molecule has 7 N–H and O–H groups in total. The number of nitrogen functional groups attached to an aromatic ring is 1. The predicted octanol–water partition coefficient (Wildman–Crippen LogP) is 2.55. The van der Waals surface area contributed by atoms with E-state index in [1.165, 1.54) is 22.7 Å². The zero-order chi connectivity index (χ0) is 20.4. The molecule has 8 heteroatoms. The van der Waals surface area contributed by atoms with Crippen LogP contribution in [0.2, 0.25) is 0 Å². The molecule has 1 aliphatic rings. The summed E-state index contributed by atoms with van der Waals surface area (Å²) in [6.07, 6.45) is 2.52. The molecular weight excluding hydrogens is 368 g/mol. The number of nitrogens with one attached hydrogen (secondary N) is 3. The van der Waals surface area contributed by atoms with Gasteiger partial charge < -0.3 is 27.1 Å². The van der Waals surface area contributed by atoms with Crippen LogP contribution in [0.1, 0.15) is 27.0 Å². The third kappa shape index (κ3) is 3.86. The van der Waals surface area contributed by atoms with Gasteiger partial charge in [0.05, 0.1) is 5.56 Å². The van der Waals surface area contributed by atoms with Crippen LogP contribution in [0.4, 0.5) is 22.0 Å². The second kappa shape index (κ2) is 7.59. The van der Waals surface area contributed by atoms with E-state index in [4.69, 9.17) is 11.5 Å². The fraction of sp³-hybridized carbons (Fsp3) is 0.0952. The van der Waals surface area contributed by atoms with Gasteiger partial charge in [-0.25, -0.2) is 4.79 Å². The van der Waals surface area contributed by atoms with E-state index in [1.807, 2.05) is 36.4 Å². The fourth-order valence-electron chi connectivity index (χ4n) is 3.28. The highest BCUT2D eigenvalue weighted by Gasteiger charge is 2.30. The van der Waals surface area contributed by atoms with E-state index in [-0.39, 0.29) is 5.91 Å². The maximum Gasteiger partial charge on any atom is 0.322 e. The molecule has 4 rings (SSSR count). The van der Waals surface area contributed by atoms with Gasteiger partial charge in [0.25, 0.3) is 5.91 Å². The molecule has 1 aromatic heterocycles. The molecule has 0 atom stereocenters. The molecule has 29 heavy (non-hydrogen) atoms. The Morgan fingerprint density at radius 2 is 1.69 bits per heavy atom. The number of hydrogen-bond acceptors (Lipinski definition) is 4. The largest absolute Gasteiger partial charge is 0.399 e. The first-order valence-electron chi connectivity index (χ1n) is 9.11. The Kier molecular flexibility index (Phi) is 4.82. The smallest absolute Gasteiger partial charge is 0.322 e. The highest BCUT2D eigenvalue weighted by atomic mass is 16.2. The normalized spacial score (nSPS) is 13.0. The number of hydrogen-bond donors (Lipinski definition) is 5. The van der Waals surface area contributed by atoms with Crippen LogP contribution in [0.15, 0.2) is 54.7 Å². The SMILES string of the molecule is NC(=O)N1[CH]NC(=O)c2c(CNc3ccc(Cc4ccc(N)cc4)cc3)c[nH]c21. The van der Waals surface area contributed by atoms with Crippen molar-refractivity contribution in [2.75, 3.05) is 16.0 Å². The summed E-state index contributed by atoms with van der Waals surface area (Å²) in [6.45, 7) is 1.67. The van der Waals surface area contributed by atoms with E-state index in [1.54, 1.807) is 6.20 Å². The molecule has 0 fully saturated rings. The van der Waals surface area contributed by atoms with E-state index < -0.39 is 6.03 Å². The zero-order valence-corrected chi connectivity index (χ0v) is 15.6. The topological polar surface area (TPSA) is 129 Å². The van der Waals surface area contributed by atoms with Gasteiger partial charge in [0.2, 0.25) is 0 Å². The van der Waals surface area contributed by atoms with Gasteiger partial charge in [0.15, 0.2) is 6.67 Å². The lowest BCUT2D eigenvalue weighted by atomic mass is 10.0. The minimum Gasteiger partial charge on any atom is -0.399 e. The molecule has 0 aliphatic carbocycles. The number of nitrogens with zero attached hydrogens (tertiary/aromatic N) is 1. The maximum atomic E-state index is 12.2. The average molecular weight is 389 g/mol. The van der Waals surface area contributed by atoms with Crippen molar-refractivity contribution in [1.82, 2.24) is 10.3 Å². The van der Waals surface area contributed by atoms with Crippen LogP contribution >= 0.6 is 0 Å². The molecule has 0 saturated carbocycles. The van der Waals surface area contributed by atoms with Crippen molar-refractivity contribution in [1.29, 1.82) is 0 Å². The minimum absolute atomic E-state index is 0.283. The zero-order valence-electron chi connectivity index (χ0n) is 15.6. The van der Waals surface area contributed by atoms with Crippen molar-refractivity contribution >= 4 is 29.1 Å². The number of carbonyl (C=O) groups is 2. The number of rotatable bonds is 5. The molecule has 3 aromatic rings. The van der Waals surface area contributed by atoms with Crippen LogP contribution in [-0.2, 0) is 13.0 Å². The number of H-pyrrole nitrogens is 1. The van der Waals surface area contributed by atoms with Crippen LogP contribution in [0.5, 0.6) is 0 Å². The number of aromatic nitrogens is 1. The molecule has 0 unspecified atom stereocenters. The van der Waals surface area contributed by atoms with Crippen molar-refractivity contribution < 1.29 is 9.59 Å². The van der Waals surface area contributed by atoms with Gasteiger partial charge in [0.1, 0.15) is 5.82 Å². The van der Waals surface area contributed by atoms with Crippen LogP contribution in [-0.4, -0.2) is 16.9 Å². The Morgan fingerprint density at radius 1 is 1.03 bits per heavy atom. The maximum absolute atomic E-state index is 12.2. The number of urea groups is 1. The summed E-state index contributed by atoms with van der Waals surface area (Å²) in [6, 6.07) is 15.3. The molecule has 2 heterocycles. The number of primary amides is 1. The second-order valence-corrected chi connectivity index (χ2v) is 6.82. The molecule has 2 aromatic carbocycles. The van der Waals surface area contributed by atoms with Gasteiger partial charge in [-0.05, 0) is 41.8 Å². The summed E-state index contributed by atoms with van der Waals surface area (Å²) < 4.78 is 0. The van der Waals surface area contributed by atoms with Gasteiger partial charge in [0, 0.05) is 29.7 Å². The van der Waals surface area contributed by atoms with E-state index in [2.05, 4.69) is 27.8 Å². The first-order chi connectivity index (χ1) is 14.0. The fourth-order valence-corrected chi connectivity index (χ4v) is 3.28. The van der Waals surface area contributed by atoms with Crippen molar-refractivity contribution in [3.63, 3.8) is 0 Å². The van der Waals surface area contributed by atoms with Crippen LogP contribution in [0.3, 0.4) is 0 Å². The number of fused-ring (bicyclic) bond motifs is 1. The Bertz CT molecular complexity index is 1040. The number of aromatic amines is 1. The third-order valence-corrected chi connectivity index (χ3v) is 4.80. The number of anilines is 3. The first-order valence-corrected chi connectivity index (χ1v) is 9.11. The van der Waals surface area contributed by atoms with E-state index in [9.17, 15) is 9.59 Å². The van der Waals surface area contributed by atoms with E-state index in [0.717, 1.165) is 23.4 Å². The van der Waals surface area contributed by atoms with E-state index in [0.29, 0.717) is 17.9 Å². The third-order valence-electron chi connectivity index (χ3n) is 4.80. The Hall–Kier alpha value is -3.94. The molecular formula is C21H21N6O2. The number of benzene rings is 2. The summed E-state index contributed by atoms with van der Waals surface area (Å²) in [5.41, 5.74) is 16.3. The lowest BCUT2D eigenvalue weighted by molar-refractivity contribution is 0.0959. The molecule has 3 amide bonds. The standard InChI is InChI=1S/C21H21N6O2/c22-16-5-1-13(2-6-16)9-14-3-7-17(8-4-14)24-10-15-11-25-19-18(15)20(28)26-12-27(19)21(23)29/h1-8,11-12,24-25H,9-10,22H2,(H2,23,29)(H,26,28). The van der Waals surface area contributed by atoms with E-state index >= 15 is 0 Å². The summed E-state index contributed by atoms with van der Waals surface area (Å²) in [4.78, 5) is 27.8. The molecule has 1 radical (unpaired) electrons. The van der Waals surface area contributed by atoms with Crippen LogP contribution < -0.4 is 27.0 Å². The molecule has 0 saturated heterocycles. The molecule has 0 spiro atoms. The summed E-state index contributed by atoms with van der Waals surface area (Å²) in [7, 11) is 0. The van der Waals surface area contributed by atoms with Crippen LogP contribution in [0, 0.1) is 6.67 Å². The number of amides is 3. The Balaban J connectivity index is 1.43. The molecule has 0 bridgehead atoms. The number of carbonyl (C=O) groups excluding carboxylic acids is 2. The molecule has 147 valence electrons. The summed E-state index contributed by atoms with van der Waals surface area (Å²) >= 11 is 0. The summed E-state index contributed by atoms with van der Waals surface area (Å²) in [5.74, 6) is 0.0892. The van der Waals surface area contributed by atoms with Gasteiger partial charge in [-0.2, -0.15) is 0 Å². The monoisotopic (exact) mass is 389 g/mol. The highest BCUT2D eigenvalue weighted by Crippen LogP contribution is 2.27. The number of nitrogens with two attached hydrogens (primary N) is 2. The lowest BCUT2D eigenvalue weighted by Gasteiger charge is -2.24. The van der Waals surface area contributed by atoms with Crippen LogP contribution in [0.25, 0.3) is 0 Å². The minimum atomic E-state index is -0.677. The highest BCUT2D eigenvalue weighted by molar-refractivity contribution is 6.08. The van der Waals surface area contributed by atoms with Crippen molar-refractivity contribution in [2.24, 2.45) is 5.73 Å². The summed E-state index contributed by atoms with van der Waals surface area (Å²) in [5, 5.41) is 5.83. The molecule has 8 nitrogen and oxygen atoms in total. The van der Waals surface area contributed by atoms with Crippen molar-refractivity contribution in [3.05, 3.63) is 83.7 Å². The Morgan fingerprint density at radius 3 is 2.34 bits per heavy atom. The second-order valence-electron chi connectivity index (χ2n) is 6.82. The van der Waals surface area contributed by atoms with Gasteiger partial charge in [-0.15, -0.1) is 0 Å². The quantitative estimate of drug-likeness (QED) is 0.429. The lowest BCUT2D eigenvalue weighted by Crippen LogP contribution is -2.45. The van der Waals surface area contributed by atoms with Gasteiger partial charge in [-0.1, -0.05) is 24.3 Å². The predicted molar refractivity (Wildman–Crippen MR) is 112 cm³/mol. The van der Waals surface area contributed by atoms with Gasteiger partial charge in [-0.3, -0.25) is 9.69 Å².